The van der Waals surface area contributed by atoms with E-state index in [1.807, 2.05) is 4.90 Å². The van der Waals surface area contributed by atoms with Crippen molar-refractivity contribution in [3.63, 3.8) is 0 Å². The normalized spacial score (nSPS) is 14.6. The van der Waals surface area contributed by atoms with E-state index < -0.39 is 23.9 Å². The predicted molar refractivity (Wildman–Crippen MR) is 135 cm³/mol. The van der Waals surface area contributed by atoms with Crippen LogP contribution in [0.25, 0.3) is 5.65 Å². The zero-order valence-electron chi connectivity index (χ0n) is 20.9. The van der Waals surface area contributed by atoms with Crippen LogP contribution in [0.3, 0.4) is 0 Å². The van der Waals surface area contributed by atoms with Gasteiger partial charge in [-0.15, -0.1) is 13.2 Å². The Morgan fingerprint density at radius 2 is 1.77 bits per heavy atom. The first-order chi connectivity index (χ1) is 18.6. The summed E-state index contributed by atoms with van der Waals surface area (Å²) < 4.78 is 71.2. The molecule has 1 fully saturated rings. The average Bonchev–Trinajstić information content (AvgIpc) is 3.22. The third-order valence-corrected chi connectivity index (χ3v) is 6.86. The molecule has 3 heterocycles. The first-order valence-corrected chi connectivity index (χ1v) is 12.4. The van der Waals surface area contributed by atoms with Gasteiger partial charge in [-0.05, 0) is 73.2 Å². The third-order valence-electron chi connectivity index (χ3n) is 6.86. The van der Waals surface area contributed by atoms with Crippen LogP contribution < -0.4 is 15.0 Å². The molecule has 39 heavy (non-hydrogen) atoms. The zero-order chi connectivity index (χ0) is 27.7. The van der Waals surface area contributed by atoms with Gasteiger partial charge in [-0.1, -0.05) is 18.2 Å². The number of anilines is 1. The Balaban J connectivity index is 1.18. The van der Waals surface area contributed by atoms with Gasteiger partial charge in [-0.25, -0.2) is 13.8 Å². The lowest BCUT2D eigenvalue weighted by molar-refractivity contribution is -0.274. The number of rotatable bonds is 6. The van der Waals surface area contributed by atoms with Gasteiger partial charge in [-0.3, -0.25) is 9.20 Å². The second-order valence-corrected chi connectivity index (χ2v) is 9.47. The van der Waals surface area contributed by atoms with E-state index in [0.29, 0.717) is 35.7 Å². The number of imidazole rings is 1. The number of aryl methyl sites for hydroxylation is 1. The Kier molecular flexibility index (Phi) is 7.16. The van der Waals surface area contributed by atoms with Gasteiger partial charge in [-0.2, -0.15) is 0 Å². The highest BCUT2D eigenvalue weighted by Crippen LogP contribution is 2.33. The highest BCUT2D eigenvalue weighted by atomic mass is 19.4. The monoisotopic (exact) mass is 544 g/mol. The predicted octanol–water partition coefficient (Wildman–Crippen LogP) is 6.13. The SMILES string of the molecule is Cc1nc2ccc(F)cn2c1C(=O)NCc1ccc(N2CCC(c3ccc(OC(F)(F)F)cc3)CC2)c(F)c1. The van der Waals surface area contributed by atoms with Crippen LogP contribution in [0.1, 0.15) is 46.1 Å². The second kappa shape index (κ2) is 10.5. The Labute approximate surface area is 221 Å². The van der Waals surface area contributed by atoms with Crippen molar-refractivity contribution in [3.8, 4) is 5.75 Å². The molecule has 0 aliphatic carbocycles. The van der Waals surface area contributed by atoms with Crippen LogP contribution in [0, 0.1) is 18.6 Å². The number of fused-ring (bicyclic) bond motifs is 1. The van der Waals surface area contributed by atoms with Crippen molar-refractivity contribution in [2.45, 2.75) is 38.6 Å². The number of ether oxygens (including phenoxy) is 1. The van der Waals surface area contributed by atoms with Crippen molar-refractivity contribution < 1.29 is 31.5 Å². The van der Waals surface area contributed by atoms with Crippen molar-refractivity contribution >= 4 is 17.2 Å². The number of carbonyl (C=O) groups excluding carboxylic acids is 1. The third kappa shape index (κ3) is 5.97. The van der Waals surface area contributed by atoms with Crippen LogP contribution in [0.4, 0.5) is 27.6 Å². The minimum Gasteiger partial charge on any atom is -0.406 e. The van der Waals surface area contributed by atoms with Crippen LogP contribution in [0.15, 0.2) is 60.8 Å². The molecule has 5 rings (SSSR count). The Morgan fingerprint density at radius 3 is 2.44 bits per heavy atom. The Bertz CT molecular complexity index is 1490. The first-order valence-electron chi connectivity index (χ1n) is 12.4. The van der Waals surface area contributed by atoms with E-state index in [0.717, 1.165) is 18.4 Å². The van der Waals surface area contributed by atoms with Crippen molar-refractivity contribution in [2.75, 3.05) is 18.0 Å². The lowest BCUT2D eigenvalue weighted by Crippen LogP contribution is -2.33. The summed E-state index contributed by atoms with van der Waals surface area (Å²) in [6, 6.07) is 13.4. The lowest BCUT2D eigenvalue weighted by Gasteiger charge is -2.34. The Hall–Kier alpha value is -4.15. The van der Waals surface area contributed by atoms with Gasteiger partial charge in [0.1, 0.15) is 28.7 Å². The first kappa shape index (κ1) is 26.5. The molecular weight excluding hydrogens is 519 g/mol. The van der Waals surface area contributed by atoms with Crippen LogP contribution in [0.5, 0.6) is 5.75 Å². The summed E-state index contributed by atoms with van der Waals surface area (Å²) in [5.74, 6) is -1.47. The van der Waals surface area contributed by atoms with Gasteiger partial charge in [0.05, 0.1) is 11.4 Å². The van der Waals surface area contributed by atoms with E-state index in [2.05, 4.69) is 15.0 Å². The standard InChI is InChI=1S/C28H25F5N4O2/c1-17-26(37-16-21(29)5-9-25(37)35-17)27(38)34-15-18-2-8-24(23(30)14-18)36-12-10-20(11-13-36)19-3-6-22(7-4-19)39-28(31,32)33/h2-9,14,16,20H,10-13,15H2,1H3,(H,34,38). The van der Waals surface area contributed by atoms with Crippen molar-refractivity contribution in [3.05, 3.63) is 94.9 Å². The maximum Gasteiger partial charge on any atom is 0.573 e. The quantitative estimate of drug-likeness (QED) is 0.297. The van der Waals surface area contributed by atoms with E-state index >= 15 is 4.39 Å². The van der Waals surface area contributed by atoms with Gasteiger partial charge in [0.2, 0.25) is 0 Å². The fraction of sp³-hybridized carbons (Fsp3) is 0.286. The number of pyridine rings is 1. The fourth-order valence-corrected chi connectivity index (χ4v) is 4.99. The molecule has 6 nitrogen and oxygen atoms in total. The van der Waals surface area contributed by atoms with E-state index in [9.17, 15) is 22.4 Å². The summed E-state index contributed by atoms with van der Waals surface area (Å²) >= 11 is 0. The number of hydrogen-bond acceptors (Lipinski definition) is 4. The molecule has 1 N–H and O–H groups in total. The molecule has 11 heteroatoms. The molecular formula is C28H25F5N4O2. The molecule has 0 saturated carbocycles. The topological polar surface area (TPSA) is 58.9 Å². The number of benzene rings is 2. The Morgan fingerprint density at radius 1 is 1.05 bits per heavy atom. The number of nitrogens with one attached hydrogen (secondary N) is 1. The van der Waals surface area contributed by atoms with Crippen molar-refractivity contribution in [1.82, 2.24) is 14.7 Å². The van der Waals surface area contributed by atoms with Gasteiger partial charge in [0, 0.05) is 25.8 Å². The summed E-state index contributed by atoms with van der Waals surface area (Å²) in [6.07, 6.45) is -2.10. The number of aromatic nitrogens is 2. The molecule has 0 radical (unpaired) electrons. The number of halogens is 5. The van der Waals surface area contributed by atoms with Crippen LogP contribution in [-0.2, 0) is 6.54 Å². The number of carbonyl (C=O) groups is 1. The van der Waals surface area contributed by atoms with Crippen LogP contribution >= 0.6 is 0 Å². The summed E-state index contributed by atoms with van der Waals surface area (Å²) in [5.41, 5.74) is 3.05. The van der Waals surface area contributed by atoms with Crippen molar-refractivity contribution in [1.29, 1.82) is 0 Å². The minimum atomic E-state index is -4.73. The van der Waals surface area contributed by atoms with E-state index in [4.69, 9.17) is 0 Å². The van der Waals surface area contributed by atoms with Gasteiger partial charge in [0.25, 0.3) is 5.91 Å². The molecule has 1 saturated heterocycles. The molecule has 0 bridgehead atoms. The molecule has 0 unspecified atom stereocenters. The highest BCUT2D eigenvalue weighted by Gasteiger charge is 2.31. The van der Waals surface area contributed by atoms with Crippen LogP contribution in [0.2, 0.25) is 0 Å². The molecule has 2 aromatic carbocycles. The van der Waals surface area contributed by atoms with Gasteiger partial charge < -0.3 is 15.0 Å². The molecule has 1 aliphatic rings. The maximum atomic E-state index is 15.0. The van der Waals surface area contributed by atoms with E-state index in [-0.39, 0.29) is 23.9 Å². The zero-order valence-corrected chi connectivity index (χ0v) is 20.9. The second-order valence-electron chi connectivity index (χ2n) is 9.47. The maximum absolute atomic E-state index is 15.0. The van der Waals surface area contributed by atoms with E-state index in [1.165, 1.54) is 40.9 Å². The molecule has 4 aromatic rings. The largest absolute Gasteiger partial charge is 0.573 e. The van der Waals surface area contributed by atoms with Crippen LogP contribution in [-0.4, -0.2) is 34.7 Å². The molecule has 0 atom stereocenters. The molecule has 1 aliphatic heterocycles. The molecule has 1 amide bonds. The molecule has 204 valence electrons. The highest BCUT2D eigenvalue weighted by molar-refractivity contribution is 5.94. The smallest absolute Gasteiger partial charge is 0.406 e. The molecule has 0 spiro atoms. The summed E-state index contributed by atoms with van der Waals surface area (Å²) in [7, 11) is 0. The number of amides is 1. The minimum absolute atomic E-state index is 0.0775. The summed E-state index contributed by atoms with van der Waals surface area (Å²) in [6.45, 7) is 2.91. The number of hydrogen-bond donors (Lipinski definition) is 1. The van der Waals surface area contributed by atoms with Crippen molar-refractivity contribution in [2.24, 2.45) is 0 Å². The number of piperidine rings is 1. The summed E-state index contributed by atoms with van der Waals surface area (Å²) in [4.78, 5) is 19.0. The average molecular weight is 545 g/mol. The van der Waals surface area contributed by atoms with Gasteiger partial charge >= 0.3 is 6.36 Å². The van der Waals surface area contributed by atoms with Gasteiger partial charge in [0.15, 0.2) is 0 Å². The number of nitrogens with zero attached hydrogens (tertiary/aromatic N) is 3. The lowest BCUT2D eigenvalue weighted by atomic mass is 9.89. The van der Waals surface area contributed by atoms with E-state index in [1.54, 1.807) is 31.2 Å². The number of alkyl halides is 3. The fourth-order valence-electron chi connectivity index (χ4n) is 4.99. The molecule has 2 aromatic heterocycles. The summed E-state index contributed by atoms with van der Waals surface area (Å²) in [5, 5.41) is 2.75.